The average Bonchev–Trinajstić information content (AvgIpc) is 2.41. The molecule has 20 heavy (non-hydrogen) atoms. The van der Waals surface area contributed by atoms with E-state index in [1.54, 1.807) is 0 Å². The standard InChI is InChI=1S/C16H22BrN3/c1-15(2,3)20-10-8-16(12-18,9-11-20)19-14-6-4-13(17)5-7-14/h4-7,19H,8-11H2,1-3H3. The third-order valence-corrected chi connectivity index (χ3v) is 4.54. The summed E-state index contributed by atoms with van der Waals surface area (Å²) in [5.74, 6) is 0. The quantitative estimate of drug-likeness (QED) is 0.887. The Kier molecular flexibility index (Phi) is 4.41. The van der Waals surface area contributed by atoms with Gasteiger partial charge in [0, 0.05) is 28.8 Å². The number of nitrogens with one attached hydrogen (secondary N) is 1. The first kappa shape index (κ1) is 15.3. The Morgan fingerprint density at radius 3 is 2.20 bits per heavy atom. The number of nitriles is 1. The lowest BCUT2D eigenvalue weighted by molar-refractivity contribution is 0.0945. The number of hydrogen-bond donors (Lipinski definition) is 1. The summed E-state index contributed by atoms with van der Waals surface area (Å²) in [6.07, 6.45) is 1.72. The smallest absolute Gasteiger partial charge is 0.127 e. The molecule has 108 valence electrons. The zero-order valence-electron chi connectivity index (χ0n) is 12.4. The lowest BCUT2D eigenvalue weighted by Crippen LogP contribution is -2.53. The van der Waals surface area contributed by atoms with Crippen molar-refractivity contribution in [2.45, 2.75) is 44.7 Å². The first-order chi connectivity index (χ1) is 9.35. The Bertz CT molecular complexity index is 488. The predicted octanol–water partition coefficient (Wildman–Crippen LogP) is 4.02. The van der Waals surface area contributed by atoms with Crippen LogP contribution in [0.1, 0.15) is 33.6 Å². The molecule has 0 unspecified atom stereocenters. The van der Waals surface area contributed by atoms with Crippen LogP contribution in [0.25, 0.3) is 0 Å². The number of anilines is 1. The van der Waals surface area contributed by atoms with Crippen molar-refractivity contribution in [2.75, 3.05) is 18.4 Å². The van der Waals surface area contributed by atoms with Gasteiger partial charge >= 0.3 is 0 Å². The molecule has 0 spiro atoms. The Hall–Kier alpha value is -1.05. The van der Waals surface area contributed by atoms with Crippen molar-refractivity contribution in [3.8, 4) is 6.07 Å². The minimum Gasteiger partial charge on any atom is -0.367 e. The van der Waals surface area contributed by atoms with Gasteiger partial charge in [0.25, 0.3) is 0 Å². The molecule has 0 bridgehead atoms. The molecular weight excluding hydrogens is 314 g/mol. The highest BCUT2D eigenvalue weighted by molar-refractivity contribution is 9.10. The minimum atomic E-state index is -0.435. The van der Waals surface area contributed by atoms with Crippen molar-refractivity contribution in [3.63, 3.8) is 0 Å². The molecule has 1 heterocycles. The van der Waals surface area contributed by atoms with Crippen LogP contribution in [0.3, 0.4) is 0 Å². The van der Waals surface area contributed by atoms with Crippen molar-refractivity contribution in [1.29, 1.82) is 5.26 Å². The Morgan fingerprint density at radius 2 is 1.75 bits per heavy atom. The number of halogens is 1. The van der Waals surface area contributed by atoms with Crippen molar-refractivity contribution in [3.05, 3.63) is 28.7 Å². The molecule has 0 aromatic heterocycles. The van der Waals surface area contributed by atoms with Gasteiger partial charge < -0.3 is 5.32 Å². The second-order valence-corrected chi connectivity index (χ2v) is 7.40. The second kappa shape index (κ2) is 5.75. The molecule has 1 aliphatic heterocycles. The van der Waals surface area contributed by atoms with E-state index in [0.717, 1.165) is 36.1 Å². The maximum absolute atomic E-state index is 9.61. The van der Waals surface area contributed by atoms with Crippen molar-refractivity contribution >= 4 is 21.6 Å². The van der Waals surface area contributed by atoms with E-state index in [2.05, 4.69) is 53.0 Å². The lowest BCUT2D eigenvalue weighted by atomic mass is 9.86. The minimum absolute atomic E-state index is 0.180. The van der Waals surface area contributed by atoms with Crippen LogP contribution < -0.4 is 5.32 Å². The molecule has 4 heteroatoms. The second-order valence-electron chi connectivity index (χ2n) is 6.48. The topological polar surface area (TPSA) is 39.1 Å². The van der Waals surface area contributed by atoms with Gasteiger partial charge in [-0.15, -0.1) is 0 Å². The van der Waals surface area contributed by atoms with Crippen molar-refractivity contribution < 1.29 is 0 Å². The normalized spacial score (nSPS) is 19.4. The third kappa shape index (κ3) is 3.53. The number of benzene rings is 1. The molecule has 2 rings (SSSR count). The summed E-state index contributed by atoms with van der Waals surface area (Å²) in [5, 5.41) is 13.0. The van der Waals surface area contributed by atoms with Crippen LogP contribution in [0.15, 0.2) is 28.7 Å². The molecule has 0 amide bonds. The average molecular weight is 336 g/mol. The Balaban J connectivity index is 2.06. The van der Waals surface area contributed by atoms with Crippen LogP contribution in [0.4, 0.5) is 5.69 Å². The van der Waals surface area contributed by atoms with Crippen molar-refractivity contribution in [2.24, 2.45) is 0 Å². The summed E-state index contributed by atoms with van der Waals surface area (Å²) in [5.41, 5.74) is 0.758. The van der Waals surface area contributed by atoms with Gasteiger partial charge in [-0.3, -0.25) is 4.90 Å². The highest BCUT2D eigenvalue weighted by atomic mass is 79.9. The molecule has 0 radical (unpaired) electrons. The molecule has 1 N–H and O–H groups in total. The van der Waals surface area contributed by atoms with Gasteiger partial charge in [0.1, 0.15) is 5.54 Å². The summed E-state index contributed by atoms with van der Waals surface area (Å²) in [7, 11) is 0. The van der Waals surface area contributed by atoms with Crippen LogP contribution in [0.5, 0.6) is 0 Å². The number of hydrogen-bond acceptors (Lipinski definition) is 3. The molecule has 1 saturated heterocycles. The number of piperidine rings is 1. The largest absolute Gasteiger partial charge is 0.367 e. The predicted molar refractivity (Wildman–Crippen MR) is 86.7 cm³/mol. The fraction of sp³-hybridized carbons (Fsp3) is 0.562. The van der Waals surface area contributed by atoms with Gasteiger partial charge in [-0.25, -0.2) is 0 Å². The van der Waals surface area contributed by atoms with E-state index in [1.165, 1.54) is 0 Å². The van der Waals surface area contributed by atoms with Crippen LogP contribution in [-0.2, 0) is 0 Å². The van der Waals surface area contributed by atoms with Gasteiger partial charge in [-0.05, 0) is 57.9 Å². The molecule has 1 fully saturated rings. The highest BCUT2D eigenvalue weighted by Gasteiger charge is 2.37. The molecular formula is C16H22BrN3. The molecule has 1 aromatic carbocycles. The third-order valence-electron chi connectivity index (χ3n) is 4.01. The number of rotatable bonds is 2. The van der Waals surface area contributed by atoms with E-state index in [1.807, 2.05) is 24.3 Å². The van der Waals surface area contributed by atoms with Crippen molar-refractivity contribution in [1.82, 2.24) is 4.90 Å². The fourth-order valence-electron chi connectivity index (χ4n) is 2.63. The van der Waals surface area contributed by atoms with Gasteiger partial charge in [-0.2, -0.15) is 5.26 Å². The summed E-state index contributed by atoms with van der Waals surface area (Å²) in [6.45, 7) is 8.61. The SMILES string of the molecule is CC(C)(C)N1CCC(C#N)(Nc2ccc(Br)cc2)CC1. The number of likely N-dealkylation sites (tertiary alicyclic amines) is 1. The number of nitrogens with zero attached hydrogens (tertiary/aromatic N) is 2. The Morgan fingerprint density at radius 1 is 1.20 bits per heavy atom. The molecule has 1 aromatic rings. The fourth-order valence-corrected chi connectivity index (χ4v) is 2.90. The van der Waals surface area contributed by atoms with E-state index in [-0.39, 0.29) is 5.54 Å². The van der Waals surface area contributed by atoms with E-state index in [0.29, 0.717) is 0 Å². The first-order valence-corrected chi connectivity index (χ1v) is 7.84. The highest BCUT2D eigenvalue weighted by Crippen LogP contribution is 2.30. The zero-order valence-corrected chi connectivity index (χ0v) is 14.0. The van der Waals surface area contributed by atoms with Gasteiger partial charge in [0.05, 0.1) is 6.07 Å². The van der Waals surface area contributed by atoms with E-state index in [9.17, 15) is 5.26 Å². The monoisotopic (exact) mass is 335 g/mol. The first-order valence-electron chi connectivity index (χ1n) is 7.05. The summed E-state index contributed by atoms with van der Waals surface area (Å²) < 4.78 is 1.05. The van der Waals surface area contributed by atoms with E-state index in [4.69, 9.17) is 0 Å². The van der Waals surface area contributed by atoms with Gasteiger partial charge in [0.2, 0.25) is 0 Å². The lowest BCUT2D eigenvalue weighted by Gasteiger charge is -2.44. The van der Waals surface area contributed by atoms with Crippen LogP contribution in [0.2, 0.25) is 0 Å². The maximum Gasteiger partial charge on any atom is 0.127 e. The summed E-state index contributed by atoms with van der Waals surface area (Å²) in [4.78, 5) is 2.45. The summed E-state index contributed by atoms with van der Waals surface area (Å²) in [6, 6.07) is 10.5. The zero-order chi connectivity index (χ0) is 14.8. The molecule has 3 nitrogen and oxygen atoms in total. The molecule has 0 atom stereocenters. The Labute approximate surface area is 130 Å². The van der Waals surface area contributed by atoms with Crippen LogP contribution >= 0.6 is 15.9 Å². The van der Waals surface area contributed by atoms with Gasteiger partial charge in [0.15, 0.2) is 0 Å². The molecule has 0 saturated carbocycles. The van der Waals surface area contributed by atoms with E-state index < -0.39 is 5.54 Å². The van der Waals surface area contributed by atoms with E-state index >= 15 is 0 Å². The van der Waals surface area contributed by atoms with Gasteiger partial charge in [-0.1, -0.05) is 15.9 Å². The molecule has 1 aliphatic rings. The van der Waals surface area contributed by atoms with Crippen LogP contribution in [-0.4, -0.2) is 29.1 Å². The maximum atomic E-state index is 9.61. The summed E-state index contributed by atoms with van der Waals surface area (Å²) >= 11 is 3.43. The molecule has 0 aliphatic carbocycles. The van der Waals surface area contributed by atoms with Crippen LogP contribution in [0, 0.1) is 11.3 Å².